The lowest BCUT2D eigenvalue weighted by molar-refractivity contribution is -0.116. The number of hydrogen-bond donors (Lipinski definition) is 1. The lowest BCUT2D eigenvalue weighted by Gasteiger charge is -2.22. The average molecular weight is 382 g/mol. The van der Waals surface area contributed by atoms with Gasteiger partial charge >= 0.3 is 0 Å². The molecule has 0 saturated heterocycles. The molecule has 25 heavy (non-hydrogen) atoms. The number of nitrogens with one attached hydrogen (secondary N) is 1. The molecule has 2 amide bonds. The van der Waals surface area contributed by atoms with E-state index in [0.717, 1.165) is 5.69 Å². The van der Waals surface area contributed by atoms with Gasteiger partial charge < -0.3 is 15.0 Å². The van der Waals surface area contributed by atoms with Crippen molar-refractivity contribution in [2.75, 3.05) is 32.1 Å². The van der Waals surface area contributed by atoms with Gasteiger partial charge in [0.1, 0.15) is 6.54 Å². The van der Waals surface area contributed by atoms with E-state index in [0.29, 0.717) is 35.3 Å². The van der Waals surface area contributed by atoms with Crippen LogP contribution in [0.15, 0.2) is 29.6 Å². The molecule has 1 aromatic heterocycles. The fourth-order valence-corrected chi connectivity index (χ4v) is 3.09. The van der Waals surface area contributed by atoms with Crippen molar-refractivity contribution in [2.24, 2.45) is 0 Å². The molecule has 2 rings (SSSR count). The zero-order chi connectivity index (χ0) is 18.2. The van der Waals surface area contributed by atoms with Gasteiger partial charge in [0, 0.05) is 36.2 Å². The third-order valence-electron chi connectivity index (χ3n) is 3.34. The lowest BCUT2D eigenvalue weighted by atomic mass is 10.2. The van der Waals surface area contributed by atoms with Crippen LogP contribution >= 0.6 is 22.9 Å². The molecule has 0 aliphatic carbocycles. The number of rotatable bonds is 8. The van der Waals surface area contributed by atoms with Crippen molar-refractivity contribution >= 4 is 39.9 Å². The Labute approximate surface area is 155 Å². The standard InChI is InChI=1S/C17H20ClN3O3S/c1-12-11-25-17(19-12)20-15(22)10-21(7-4-8-24-2)16(23)13-5-3-6-14(18)9-13/h3,5-6,9,11H,4,7-8,10H2,1-2H3,(H,19,20,22). The van der Waals surface area contributed by atoms with Crippen molar-refractivity contribution in [2.45, 2.75) is 13.3 Å². The average Bonchev–Trinajstić information content (AvgIpc) is 2.98. The Morgan fingerprint density at radius 1 is 1.40 bits per heavy atom. The number of methoxy groups -OCH3 is 1. The highest BCUT2D eigenvalue weighted by atomic mass is 35.5. The van der Waals surface area contributed by atoms with Crippen LogP contribution < -0.4 is 5.32 Å². The topological polar surface area (TPSA) is 71.5 Å². The maximum Gasteiger partial charge on any atom is 0.254 e. The van der Waals surface area contributed by atoms with Crippen LogP contribution in [0.3, 0.4) is 0 Å². The molecule has 8 heteroatoms. The number of benzene rings is 1. The van der Waals surface area contributed by atoms with Crippen molar-refractivity contribution in [1.82, 2.24) is 9.88 Å². The number of amides is 2. The smallest absolute Gasteiger partial charge is 0.254 e. The molecule has 0 saturated carbocycles. The molecule has 1 aromatic carbocycles. The van der Waals surface area contributed by atoms with Crippen molar-refractivity contribution in [3.8, 4) is 0 Å². The molecular formula is C17H20ClN3O3S. The summed E-state index contributed by atoms with van der Waals surface area (Å²) in [6, 6.07) is 6.68. The van der Waals surface area contributed by atoms with Crippen LogP contribution in [0.1, 0.15) is 22.5 Å². The van der Waals surface area contributed by atoms with Gasteiger partial charge in [-0.15, -0.1) is 11.3 Å². The van der Waals surface area contributed by atoms with Gasteiger partial charge in [-0.05, 0) is 31.5 Å². The molecule has 0 bridgehead atoms. The predicted molar refractivity (Wildman–Crippen MR) is 99.3 cm³/mol. The normalized spacial score (nSPS) is 10.5. The molecule has 0 unspecified atom stereocenters. The van der Waals surface area contributed by atoms with Crippen LogP contribution in [0.25, 0.3) is 0 Å². The van der Waals surface area contributed by atoms with Gasteiger partial charge in [0.05, 0.1) is 5.69 Å². The highest BCUT2D eigenvalue weighted by Gasteiger charge is 2.19. The Balaban J connectivity index is 2.06. The molecule has 0 aliphatic heterocycles. The number of halogens is 1. The first-order valence-corrected chi connectivity index (χ1v) is 9.01. The first kappa shape index (κ1) is 19.4. The summed E-state index contributed by atoms with van der Waals surface area (Å²) in [5, 5.41) is 5.57. The Morgan fingerprint density at radius 2 is 2.20 bits per heavy atom. The van der Waals surface area contributed by atoms with Crippen LogP contribution in [0.2, 0.25) is 5.02 Å². The van der Waals surface area contributed by atoms with Crippen molar-refractivity contribution in [1.29, 1.82) is 0 Å². The second-order valence-electron chi connectivity index (χ2n) is 5.43. The number of aromatic nitrogens is 1. The van der Waals surface area contributed by atoms with Gasteiger partial charge in [-0.25, -0.2) is 4.98 Å². The van der Waals surface area contributed by atoms with Crippen molar-refractivity contribution in [3.63, 3.8) is 0 Å². The van der Waals surface area contributed by atoms with E-state index in [-0.39, 0.29) is 18.4 Å². The van der Waals surface area contributed by atoms with E-state index < -0.39 is 0 Å². The molecule has 6 nitrogen and oxygen atoms in total. The third-order valence-corrected chi connectivity index (χ3v) is 4.45. The summed E-state index contributed by atoms with van der Waals surface area (Å²) >= 11 is 7.31. The fraction of sp³-hybridized carbons (Fsp3) is 0.353. The second-order valence-corrected chi connectivity index (χ2v) is 6.72. The van der Waals surface area contributed by atoms with Crippen LogP contribution in [0, 0.1) is 6.92 Å². The number of carbonyl (C=O) groups excluding carboxylic acids is 2. The third kappa shape index (κ3) is 6.12. The Hall–Kier alpha value is -1.96. The Morgan fingerprint density at radius 3 is 2.84 bits per heavy atom. The molecule has 0 atom stereocenters. The van der Waals surface area contributed by atoms with E-state index in [1.54, 1.807) is 31.4 Å². The Bertz CT molecular complexity index is 735. The largest absolute Gasteiger partial charge is 0.385 e. The molecule has 134 valence electrons. The molecule has 1 N–H and O–H groups in total. The fourth-order valence-electron chi connectivity index (χ4n) is 2.20. The number of ether oxygens (including phenoxy) is 1. The summed E-state index contributed by atoms with van der Waals surface area (Å²) in [6.45, 7) is 2.70. The zero-order valence-corrected chi connectivity index (χ0v) is 15.7. The highest BCUT2D eigenvalue weighted by molar-refractivity contribution is 7.13. The first-order valence-electron chi connectivity index (χ1n) is 7.75. The number of aryl methyl sites for hydroxylation is 1. The summed E-state index contributed by atoms with van der Waals surface area (Å²) in [6.07, 6.45) is 0.631. The molecule has 2 aromatic rings. The number of nitrogens with zero attached hydrogens (tertiary/aromatic N) is 2. The number of thiazole rings is 1. The van der Waals surface area contributed by atoms with Gasteiger partial charge in [-0.2, -0.15) is 0 Å². The minimum atomic E-state index is -0.290. The Kier molecular flexibility index (Phi) is 7.36. The molecule has 0 radical (unpaired) electrons. The predicted octanol–water partition coefficient (Wildman–Crippen LogP) is 3.22. The van der Waals surface area contributed by atoms with Crippen LogP contribution in [-0.4, -0.2) is 48.5 Å². The van der Waals surface area contributed by atoms with Gasteiger partial charge in [0.25, 0.3) is 5.91 Å². The minimum Gasteiger partial charge on any atom is -0.385 e. The van der Waals surface area contributed by atoms with E-state index >= 15 is 0 Å². The van der Waals surface area contributed by atoms with E-state index in [1.165, 1.54) is 16.2 Å². The zero-order valence-electron chi connectivity index (χ0n) is 14.1. The number of anilines is 1. The van der Waals surface area contributed by atoms with Crippen LogP contribution in [0.5, 0.6) is 0 Å². The molecular weight excluding hydrogens is 362 g/mol. The van der Waals surface area contributed by atoms with Crippen LogP contribution in [-0.2, 0) is 9.53 Å². The van der Waals surface area contributed by atoms with E-state index in [1.807, 2.05) is 12.3 Å². The van der Waals surface area contributed by atoms with Gasteiger partial charge in [0.2, 0.25) is 5.91 Å². The monoisotopic (exact) mass is 381 g/mol. The summed E-state index contributed by atoms with van der Waals surface area (Å²) in [5.74, 6) is -0.536. The maximum absolute atomic E-state index is 12.7. The summed E-state index contributed by atoms with van der Waals surface area (Å²) in [4.78, 5) is 30.7. The van der Waals surface area contributed by atoms with Gasteiger partial charge in [0.15, 0.2) is 5.13 Å². The lowest BCUT2D eigenvalue weighted by Crippen LogP contribution is -2.39. The summed E-state index contributed by atoms with van der Waals surface area (Å²) < 4.78 is 5.03. The van der Waals surface area contributed by atoms with Crippen LogP contribution in [0.4, 0.5) is 5.13 Å². The second kappa shape index (κ2) is 9.50. The van der Waals surface area contributed by atoms with Gasteiger partial charge in [-0.3, -0.25) is 9.59 Å². The maximum atomic E-state index is 12.7. The van der Waals surface area contributed by atoms with Gasteiger partial charge in [-0.1, -0.05) is 17.7 Å². The molecule has 0 spiro atoms. The number of hydrogen-bond acceptors (Lipinski definition) is 5. The summed E-state index contributed by atoms with van der Waals surface area (Å²) in [7, 11) is 1.60. The molecule has 0 aliphatic rings. The van der Waals surface area contributed by atoms with Crippen molar-refractivity contribution in [3.05, 3.63) is 45.9 Å². The highest BCUT2D eigenvalue weighted by Crippen LogP contribution is 2.15. The quantitative estimate of drug-likeness (QED) is 0.712. The van der Waals surface area contributed by atoms with E-state index in [4.69, 9.17) is 16.3 Å². The first-order chi connectivity index (χ1) is 12.0. The summed E-state index contributed by atoms with van der Waals surface area (Å²) in [5.41, 5.74) is 1.29. The van der Waals surface area contributed by atoms with E-state index in [9.17, 15) is 9.59 Å². The molecule has 0 fully saturated rings. The van der Waals surface area contributed by atoms with E-state index in [2.05, 4.69) is 10.3 Å². The van der Waals surface area contributed by atoms with Crippen molar-refractivity contribution < 1.29 is 14.3 Å². The SMILES string of the molecule is COCCCN(CC(=O)Nc1nc(C)cs1)C(=O)c1cccc(Cl)c1. The minimum absolute atomic E-state index is 0.0618. The number of carbonyl (C=O) groups is 2. The molecule has 1 heterocycles.